The van der Waals surface area contributed by atoms with Gasteiger partial charge in [-0.1, -0.05) is 30.3 Å². The Kier molecular flexibility index (Phi) is 5.20. The van der Waals surface area contributed by atoms with Crippen molar-refractivity contribution >= 4 is 5.91 Å². The molecule has 1 amide bonds. The van der Waals surface area contributed by atoms with Crippen molar-refractivity contribution < 1.29 is 4.79 Å². The van der Waals surface area contributed by atoms with Crippen LogP contribution >= 0.6 is 0 Å². The summed E-state index contributed by atoms with van der Waals surface area (Å²) in [6.45, 7) is 5.14. The topological polar surface area (TPSA) is 77.6 Å². The SMILES string of the molecule is Cc1nn(Cc2ccccc2)c(C)c1CNC(=O)c1ccc(-n2ccnc2)nc1. The third-order valence-electron chi connectivity index (χ3n) is 4.91. The van der Waals surface area contributed by atoms with Gasteiger partial charge in [0.25, 0.3) is 5.91 Å². The van der Waals surface area contributed by atoms with Crippen molar-refractivity contribution in [2.24, 2.45) is 0 Å². The van der Waals surface area contributed by atoms with E-state index in [2.05, 4.69) is 32.5 Å². The Morgan fingerprint density at radius 1 is 1.10 bits per heavy atom. The highest BCUT2D eigenvalue weighted by molar-refractivity contribution is 5.93. The molecule has 0 unspecified atom stereocenters. The number of pyridine rings is 1. The predicted octanol–water partition coefficient (Wildman–Crippen LogP) is 3.06. The van der Waals surface area contributed by atoms with Gasteiger partial charge in [-0.2, -0.15) is 5.10 Å². The van der Waals surface area contributed by atoms with Gasteiger partial charge in [-0.25, -0.2) is 9.97 Å². The van der Waals surface area contributed by atoms with Gasteiger partial charge >= 0.3 is 0 Å². The van der Waals surface area contributed by atoms with E-state index in [0.29, 0.717) is 24.5 Å². The molecule has 0 saturated heterocycles. The highest BCUT2D eigenvalue weighted by Gasteiger charge is 2.14. The van der Waals surface area contributed by atoms with Gasteiger partial charge in [0.05, 0.1) is 17.8 Å². The number of nitrogens with zero attached hydrogens (tertiary/aromatic N) is 5. The number of carbonyl (C=O) groups is 1. The van der Waals surface area contributed by atoms with E-state index >= 15 is 0 Å². The molecule has 0 atom stereocenters. The summed E-state index contributed by atoms with van der Waals surface area (Å²) in [6, 6.07) is 13.8. The first kappa shape index (κ1) is 18.6. The smallest absolute Gasteiger partial charge is 0.253 e. The van der Waals surface area contributed by atoms with Gasteiger partial charge in [0, 0.05) is 36.4 Å². The molecular formula is C22H22N6O. The zero-order chi connectivity index (χ0) is 20.2. The van der Waals surface area contributed by atoms with Crippen LogP contribution in [-0.2, 0) is 13.1 Å². The molecule has 29 heavy (non-hydrogen) atoms. The molecule has 7 nitrogen and oxygen atoms in total. The Morgan fingerprint density at radius 2 is 1.93 bits per heavy atom. The van der Waals surface area contributed by atoms with Crippen LogP contribution in [0.4, 0.5) is 0 Å². The van der Waals surface area contributed by atoms with Gasteiger partial charge in [0.15, 0.2) is 0 Å². The molecule has 146 valence electrons. The highest BCUT2D eigenvalue weighted by atomic mass is 16.1. The summed E-state index contributed by atoms with van der Waals surface area (Å²) in [7, 11) is 0. The van der Waals surface area contributed by atoms with Crippen molar-refractivity contribution in [3.63, 3.8) is 0 Å². The van der Waals surface area contributed by atoms with Gasteiger partial charge in [0.1, 0.15) is 12.1 Å². The van der Waals surface area contributed by atoms with E-state index in [4.69, 9.17) is 0 Å². The first-order valence-corrected chi connectivity index (χ1v) is 9.41. The molecule has 0 aliphatic heterocycles. The second-order valence-electron chi connectivity index (χ2n) is 6.85. The Morgan fingerprint density at radius 3 is 2.62 bits per heavy atom. The largest absolute Gasteiger partial charge is 0.348 e. The van der Waals surface area contributed by atoms with Crippen LogP contribution in [0.5, 0.6) is 0 Å². The monoisotopic (exact) mass is 386 g/mol. The van der Waals surface area contributed by atoms with Crippen LogP contribution in [0, 0.1) is 13.8 Å². The Bertz CT molecular complexity index is 1100. The van der Waals surface area contributed by atoms with Crippen molar-refractivity contribution in [1.82, 2.24) is 29.6 Å². The Hall–Kier alpha value is -3.74. The average molecular weight is 386 g/mol. The van der Waals surface area contributed by atoms with E-state index in [1.165, 1.54) is 5.56 Å². The van der Waals surface area contributed by atoms with Gasteiger partial charge in [-0.05, 0) is 31.5 Å². The van der Waals surface area contributed by atoms with E-state index in [1.807, 2.05) is 36.7 Å². The number of benzene rings is 1. The molecule has 0 saturated carbocycles. The van der Waals surface area contributed by atoms with Crippen molar-refractivity contribution in [1.29, 1.82) is 0 Å². The van der Waals surface area contributed by atoms with E-state index < -0.39 is 0 Å². The standard InChI is InChI=1S/C22H22N6O/c1-16-20(17(2)28(26-16)14-18-6-4-3-5-7-18)13-25-22(29)19-8-9-21(24-12-19)27-11-10-23-15-27/h3-12,15H,13-14H2,1-2H3,(H,25,29). The van der Waals surface area contributed by atoms with Gasteiger partial charge in [-0.3, -0.25) is 14.0 Å². The number of nitrogens with one attached hydrogen (secondary N) is 1. The number of carbonyl (C=O) groups excluding carboxylic acids is 1. The lowest BCUT2D eigenvalue weighted by atomic mass is 10.2. The van der Waals surface area contributed by atoms with E-state index in [0.717, 1.165) is 17.0 Å². The summed E-state index contributed by atoms with van der Waals surface area (Å²) in [5.74, 6) is 0.553. The van der Waals surface area contributed by atoms with Gasteiger partial charge < -0.3 is 5.32 Å². The van der Waals surface area contributed by atoms with Crippen LogP contribution in [0.2, 0.25) is 0 Å². The van der Waals surface area contributed by atoms with E-state index in [1.54, 1.807) is 41.6 Å². The predicted molar refractivity (Wildman–Crippen MR) is 110 cm³/mol. The molecule has 3 heterocycles. The molecule has 1 N–H and O–H groups in total. The zero-order valence-electron chi connectivity index (χ0n) is 16.4. The maximum atomic E-state index is 12.5. The van der Waals surface area contributed by atoms with Crippen LogP contribution in [-0.4, -0.2) is 30.2 Å². The number of rotatable bonds is 6. The number of hydrogen-bond donors (Lipinski definition) is 1. The quantitative estimate of drug-likeness (QED) is 0.552. The second-order valence-corrected chi connectivity index (χ2v) is 6.85. The summed E-state index contributed by atoms with van der Waals surface area (Å²) in [4.78, 5) is 20.9. The van der Waals surface area contributed by atoms with Crippen LogP contribution < -0.4 is 5.32 Å². The fourth-order valence-corrected chi connectivity index (χ4v) is 3.24. The Labute approximate surface area is 169 Å². The summed E-state index contributed by atoms with van der Waals surface area (Å²) in [5.41, 5.74) is 4.73. The number of imidazole rings is 1. The molecule has 3 aromatic heterocycles. The maximum absolute atomic E-state index is 12.5. The minimum absolute atomic E-state index is 0.163. The van der Waals surface area contributed by atoms with Gasteiger partial charge in [-0.15, -0.1) is 0 Å². The van der Waals surface area contributed by atoms with Crippen LogP contribution in [0.25, 0.3) is 5.82 Å². The molecule has 1 aromatic carbocycles. The highest BCUT2D eigenvalue weighted by Crippen LogP contribution is 2.15. The van der Waals surface area contributed by atoms with Crippen LogP contribution in [0.1, 0.15) is 32.9 Å². The number of aryl methyl sites for hydroxylation is 1. The first-order valence-electron chi connectivity index (χ1n) is 9.41. The molecule has 4 rings (SSSR count). The summed E-state index contributed by atoms with van der Waals surface area (Å²) >= 11 is 0. The molecular weight excluding hydrogens is 364 g/mol. The van der Waals surface area contributed by atoms with E-state index in [-0.39, 0.29) is 5.91 Å². The molecule has 0 aliphatic carbocycles. The van der Waals surface area contributed by atoms with Gasteiger partial charge in [0.2, 0.25) is 0 Å². The lowest BCUT2D eigenvalue weighted by Gasteiger charge is -2.08. The fraction of sp³-hybridized carbons (Fsp3) is 0.182. The minimum Gasteiger partial charge on any atom is -0.348 e. The lowest BCUT2D eigenvalue weighted by Crippen LogP contribution is -2.23. The second kappa shape index (κ2) is 8.10. The van der Waals surface area contributed by atoms with Crippen molar-refractivity contribution in [2.45, 2.75) is 26.9 Å². The molecule has 0 spiro atoms. The molecule has 0 aliphatic rings. The third-order valence-corrected chi connectivity index (χ3v) is 4.91. The number of amides is 1. The van der Waals surface area contributed by atoms with Crippen molar-refractivity contribution in [2.75, 3.05) is 0 Å². The minimum atomic E-state index is -0.163. The van der Waals surface area contributed by atoms with Crippen molar-refractivity contribution in [3.8, 4) is 5.82 Å². The third kappa shape index (κ3) is 4.08. The maximum Gasteiger partial charge on any atom is 0.253 e. The van der Waals surface area contributed by atoms with E-state index in [9.17, 15) is 4.79 Å². The first-order chi connectivity index (χ1) is 14.1. The normalized spacial score (nSPS) is 10.8. The summed E-state index contributed by atoms with van der Waals surface area (Å²) in [5, 5.41) is 7.62. The van der Waals surface area contributed by atoms with Crippen LogP contribution in [0.3, 0.4) is 0 Å². The Balaban J connectivity index is 1.43. The molecule has 0 radical (unpaired) electrons. The van der Waals surface area contributed by atoms with Crippen LogP contribution in [0.15, 0.2) is 67.4 Å². The molecule has 4 aromatic rings. The zero-order valence-corrected chi connectivity index (χ0v) is 16.4. The average Bonchev–Trinajstić information content (AvgIpc) is 3.37. The molecule has 0 fully saturated rings. The summed E-state index contributed by atoms with van der Waals surface area (Å²) < 4.78 is 3.77. The lowest BCUT2D eigenvalue weighted by molar-refractivity contribution is 0.0950. The van der Waals surface area contributed by atoms with Crippen molar-refractivity contribution in [3.05, 3.63) is 95.5 Å². The fourth-order valence-electron chi connectivity index (χ4n) is 3.24. The summed E-state index contributed by atoms with van der Waals surface area (Å²) in [6.07, 6.45) is 6.73. The number of aromatic nitrogens is 5. The molecule has 7 heteroatoms. The molecule has 0 bridgehead atoms. The number of hydrogen-bond acceptors (Lipinski definition) is 4.